The van der Waals surface area contributed by atoms with Crippen molar-refractivity contribution in [2.75, 3.05) is 37.0 Å². The number of nitrogens with one attached hydrogen (secondary N) is 1. The number of ether oxygens (including phenoxy) is 1. The number of hydrogen-bond donors (Lipinski definition) is 2. The van der Waals surface area contributed by atoms with E-state index in [1.807, 2.05) is 29.6 Å². The second kappa shape index (κ2) is 10.4. The van der Waals surface area contributed by atoms with E-state index in [-0.39, 0.29) is 5.82 Å². The van der Waals surface area contributed by atoms with Crippen molar-refractivity contribution in [2.24, 2.45) is 5.73 Å². The van der Waals surface area contributed by atoms with Crippen LogP contribution in [0.3, 0.4) is 0 Å². The summed E-state index contributed by atoms with van der Waals surface area (Å²) in [5.41, 5.74) is 11.2. The van der Waals surface area contributed by atoms with Gasteiger partial charge in [-0.1, -0.05) is 12.1 Å². The number of likely N-dealkylation sites (N-methyl/N-ethyl adjacent to an activating group) is 1. The van der Waals surface area contributed by atoms with Crippen LogP contribution in [0.25, 0.3) is 16.9 Å². The van der Waals surface area contributed by atoms with Crippen LogP contribution >= 0.6 is 11.3 Å². The monoisotopic (exact) mass is 477 g/mol. The van der Waals surface area contributed by atoms with Crippen LogP contribution in [-0.2, 0) is 4.74 Å². The van der Waals surface area contributed by atoms with Crippen LogP contribution in [0.5, 0.6) is 0 Å². The van der Waals surface area contributed by atoms with Crippen molar-refractivity contribution in [2.45, 2.75) is 13.8 Å². The number of methoxy groups -OCH3 is 1. The average molecular weight is 478 g/mol. The fourth-order valence-electron chi connectivity index (χ4n) is 3.52. The maximum absolute atomic E-state index is 11.2. The van der Waals surface area contributed by atoms with Crippen LogP contribution in [-0.4, -0.2) is 52.5 Å². The molecule has 0 spiro atoms. The minimum Gasteiger partial charge on any atom is -0.383 e. The highest BCUT2D eigenvalue weighted by Crippen LogP contribution is 2.30. The number of carbonyl (C=O) groups is 1. The highest BCUT2D eigenvalue weighted by molar-refractivity contribution is 7.14. The predicted molar refractivity (Wildman–Crippen MR) is 135 cm³/mol. The quantitative estimate of drug-likeness (QED) is 0.355. The summed E-state index contributed by atoms with van der Waals surface area (Å²) in [6.45, 7) is 6.72. The van der Waals surface area contributed by atoms with E-state index in [9.17, 15) is 4.79 Å². The van der Waals surface area contributed by atoms with Crippen molar-refractivity contribution >= 4 is 33.8 Å². The summed E-state index contributed by atoms with van der Waals surface area (Å²) in [6.07, 6.45) is 1.46. The largest absolute Gasteiger partial charge is 0.383 e. The van der Waals surface area contributed by atoms with Crippen molar-refractivity contribution in [3.05, 3.63) is 65.6 Å². The third-order valence-electron chi connectivity index (χ3n) is 5.41. The van der Waals surface area contributed by atoms with Gasteiger partial charge < -0.3 is 20.7 Å². The Bertz CT molecular complexity index is 1270. The van der Waals surface area contributed by atoms with Gasteiger partial charge in [0, 0.05) is 42.5 Å². The summed E-state index contributed by atoms with van der Waals surface area (Å²) in [7, 11) is 1.72. The molecule has 2 aromatic carbocycles. The molecule has 4 aromatic rings. The van der Waals surface area contributed by atoms with Gasteiger partial charge in [0.1, 0.15) is 6.33 Å². The van der Waals surface area contributed by atoms with E-state index >= 15 is 0 Å². The number of carbonyl (C=O) groups excluding carboxylic acids is 1. The lowest BCUT2D eigenvalue weighted by molar-refractivity contribution is 0.0990. The number of hydrogen-bond acceptors (Lipinski definition) is 8. The van der Waals surface area contributed by atoms with E-state index in [4.69, 9.17) is 15.5 Å². The number of aryl methyl sites for hydroxylation is 1. The molecule has 0 aliphatic carbocycles. The Morgan fingerprint density at radius 3 is 2.68 bits per heavy atom. The molecule has 0 saturated heterocycles. The molecule has 0 aliphatic rings. The zero-order chi connectivity index (χ0) is 24.1. The van der Waals surface area contributed by atoms with Crippen molar-refractivity contribution in [1.82, 2.24) is 19.7 Å². The van der Waals surface area contributed by atoms with E-state index in [1.165, 1.54) is 16.7 Å². The van der Waals surface area contributed by atoms with Crippen LogP contribution in [0.15, 0.2) is 54.2 Å². The molecular formula is C24H27N7O2S. The number of thiazole rings is 1. The number of benzene rings is 2. The first-order valence-corrected chi connectivity index (χ1v) is 11.8. The lowest BCUT2D eigenvalue weighted by Crippen LogP contribution is -2.26. The summed E-state index contributed by atoms with van der Waals surface area (Å²) in [5.74, 6) is -0.670. The van der Waals surface area contributed by atoms with Gasteiger partial charge in [-0.05, 0) is 49.7 Å². The fourth-order valence-corrected chi connectivity index (χ4v) is 4.25. The summed E-state index contributed by atoms with van der Waals surface area (Å²) in [5, 5.41) is 10.4. The van der Waals surface area contributed by atoms with Crippen LogP contribution in [0, 0.1) is 6.92 Å². The summed E-state index contributed by atoms with van der Waals surface area (Å²) < 4.78 is 6.73. The van der Waals surface area contributed by atoms with Gasteiger partial charge in [-0.2, -0.15) is 0 Å². The summed E-state index contributed by atoms with van der Waals surface area (Å²) in [4.78, 5) is 22.1. The minimum absolute atomic E-state index is 0.0139. The number of nitrogens with two attached hydrogens (primary N) is 1. The number of amides is 1. The number of aromatic nitrogens is 4. The molecule has 1 amide bonds. The van der Waals surface area contributed by atoms with Gasteiger partial charge in [0.2, 0.25) is 5.82 Å². The number of rotatable bonds is 10. The molecule has 4 rings (SSSR count). The van der Waals surface area contributed by atoms with Gasteiger partial charge in [0.05, 0.1) is 18.0 Å². The van der Waals surface area contributed by atoms with Crippen molar-refractivity contribution in [3.63, 3.8) is 0 Å². The Hall–Kier alpha value is -3.76. The highest BCUT2D eigenvalue weighted by atomic mass is 32.1. The van der Waals surface area contributed by atoms with Gasteiger partial charge in [-0.3, -0.25) is 4.79 Å². The molecular weight excluding hydrogens is 450 g/mol. The molecule has 0 fully saturated rings. The first kappa shape index (κ1) is 23.4. The van der Waals surface area contributed by atoms with Crippen LogP contribution in [0.4, 0.5) is 16.5 Å². The van der Waals surface area contributed by atoms with Gasteiger partial charge in [0.25, 0.3) is 5.91 Å². The van der Waals surface area contributed by atoms with E-state index in [0.29, 0.717) is 6.61 Å². The van der Waals surface area contributed by atoms with E-state index in [1.54, 1.807) is 18.4 Å². The molecule has 0 bridgehead atoms. The standard InChI is InChI=1S/C24H27N7O2S/c1-4-30(11-12-33-3)19-9-10-20(16(2)13-19)27-24-28-21(14-34-24)17-5-7-18(8-6-17)31-15-26-23(29-31)22(25)32/h5-10,13-15H,4,11-12H2,1-3H3,(H2,25,32)(H,27,28). The van der Waals surface area contributed by atoms with Gasteiger partial charge in [-0.25, -0.2) is 14.6 Å². The maximum atomic E-state index is 11.2. The van der Waals surface area contributed by atoms with Gasteiger partial charge >= 0.3 is 0 Å². The molecule has 2 heterocycles. The summed E-state index contributed by atoms with van der Waals surface area (Å²) >= 11 is 1.55. The molecule has 0 unspecified atom stereocenters. The fraction of sp³-hybridized carbons (Fsp3) is 0.250. The molecule has 0 radical (unpaired) electrons. The topological polar surface area (TPSA) is 111 Å². The second-order valence-electron chi connectivity index (χ2n) is 7.66. The third kappa shape index (κ3) is 5.24. The Labute approximate surface area is 202 Å². The van der Waals surface area contributed by atoms with Crippen LogP contribution in [0.2, 0.25) is 0 Å². The molecule has 176 valence electrons. The van der Waals surface area contributed by atoms with Crippen molar-refractivity contribution in [3.8, 4) is 16.9 Å². The van der Waals surface area contributed by atoms with Crippen molar-refractivity contribution < 1.29 is 9.53 Å². The predicted octanol–water partition coefficient (Wildman–Crippen LogP) is 4.01. The van der Waals surface area contributed by atoms with Gasteiger partial charge in [0.15, 0.2) is 5.13 Å². The number of anilines is 3. The van der Waals surface area contributed by atoms with Crippen molar-refractivity contribution in [1.29, 1.82) is 0 Å². The Morgan fingerprint density at radius 1 is 1.24 bits per heavy atom. The number of nitrogens with zero attached hydrogens (tertiary/aromatic N) is 5. The highest BCUT2D eigenvalue weighted by Gasteiger charge is 2.11. The molecule has 3 N–H and O–H groups in total. The zero-order valence-electron chi connectivity index (χ0n) is 19.4. The van der Waals surface area contributed by atoms with Gasteiger partial charge in [-0.15, -0.1) is 16.4 Å². The Kier molecular flexibility index (Phi) is 7.19. The van der Waals surface area contributed by atoms with Crippen LogP contribution in [0.1, 0.15) is 23.1 Å². The smallest absolute Gasteiger partial charge is 0.288 e. The molecule has 10 heteroatoms. The zero-order valence-corrected chi connectivity index (χ0v) is 20.2. The molecule has 9 nitrogen and oxygen atoms in total. The first-order chi connectivity index (χ1) is 16.5. The van der Waals surface area contributed by atoms with E-state index in [0.717, 1.165) is 46.4 Å². The summed E-state index contributed by atoms with van der Waals surface area (Å²) in [6, 6.07) is 14.1. The third-order valence-corrected chi connectivity index (χ3v) is 6.17. The van der Waals surface area contributed by atoms with E-state index < -0.39 is 5.91 Å². The molecule has 0 atom stereocenters. The normalized spacial score (nSPS) is 10.9. The Morgan fingerprint density at radius 2 is 2.03 bits per heavy atom. The molecule has 2 aromatic heterocycles. The first-order valence-electron chi connectivity index (χ1n) is 10.9. The molecule has 0 saturated carbocycles. The molecule has 34 heavy (non-hydrogen) atoms. The van der Waals surface area contributed by atoms with Crippen LogP contribution < -0.4 is 16.0 Å². The molecule has 0 aliphatic heterocycles. The second-order valence-corrected chi connectivity index (χ2v) is 8.52. The van der Waals surface area contributed by atoms with E-state index in [2.05, 4.69) is 52.3 Å². The lowest BCUT2D eigenvalue weighted by Gasteiger charge is -2.23. The lowest BCUT2D eigenvalue weighted by atomic mass is 10.1. The number of primary amides is 1. The minimum atomic E-state index is -0.656. The Balaban J connectivity index is 1.45. The average Bonchev–Trinajstić information content (AvgIpc) is 3.52. The SMILES string of the molecule is CCN(CCOC)c1ccc(Nc2nc(-c3ccc(-n4cnc(C(N)=O)n4)cc3)cs2)c(C)c1. The maximum Gasteiger partial charge on any atom is 0.288 e.